The summed E-state index contributed by atoms with van der Waals surface area (Å²) in [5.74, 6) is -0.147. The molecule has 0 saturated carbocycles. The van der Waals surface area contributed by atoms with Crippen LogP contribution in [0.2, 0.25) is 0 Å². The van der Waals surface area contributed by atoms with Gasteiger partial charge in [0.05, 0.1) is 5.92 Å². The number of H-pyrrole nitrogens is 1. The highest BCUT2D eigenvalue weighted by Crippen LogP contribution is 2.19. The van der Waals surface area contributed by atoms with Gasteiger partial charge in [0.2, 0.25) is 11.3 Å². The standard InChI is InChI=1S/C18H21N3O2/c22-17-8-9-19-11-16(17)20-18(23)15-7-4-10-21(13-15)12-14-5-2-1-3-6-14/h1-3,5-6,8-9,11,15H,4,7,10,12-13H2,(H,19,22)(H,20,23)/t15-/m0/s1. The SMILES string of the molecule is O=C(Nc1c[nH]ccc1=O)[C@H]1CCCN(Cc2ccccc2)C1. The molecule has 2 N–H and O–H groups in total. The van der Waals surface area contributed by atoms with Crippen molar-refractivity contribution in [3.63, 3.8) is 0 Å². The van der Waals surface area contributed by atoms with Gasteiger partial charge in [-0.05, 0) is 24.9 Å². The van der Waals surface area contributed by atoms with E-state index in [-0.39, 0.29) is 17.3 Å². The third-order valence-electron chi connectivity index (χ3n) is 4.21. The quantitative estimate of drug-likeness (QED) is 0.910. The van der Waals surface area contributed by atoms with Crippen molar-refractivity contribution in [2.45, 2.75) is 19.4 Å². The van der Waals surface area contributed by atoms with Crippen LogP contribution in [0.25, 0.3) is 0 Å². The van der Waals surface area contributed by atoms with Crippen molar-refractivity contribution in [1.82, 2.24) is 9.88 Å². The lowest BCUT2D eigenvalue weighted by Gasteiger charge is -2.32. The molecule has 5 nitrogen and oxygen atoms in total. The summed E-state index contributed by atoms with van der Waals surface area (Å²) in [5, 5.41) is 2.75. The average molecular weight is 311 g/mol. The summed E-state index contributed by atoms with van der Waals surface area (Å²) >= 11 is 0. The Labute approximate surface area is 135 Å². The summed E-state index contributed by atoms with van der Waals surface area (Å²) < 4.78 is 0. The molecule has 0 spiro atoms. The minimum Gasteiger partial charge on any atom is -0.366 e. The maximum absolute atomic E-state index is 12.4. The van der Waals surface area contributed by atoms with Crippen molar-refractivity contribution in [2.75, 3.05) is 18.4 Å². The molecule has 2 aromatic rings. The first-order chi connectivity index (χ1) is 11.2. The zero-order valence-electron chi connectivity index (χ0n) is 13.0. The van der Waals surface area contributed by atoms with Crippen LogP contribution in [0.1, 0.15) is 18.4 Å². The molecule has 0 aliphatic carbocycles. The topological polar surface area (TPSA) is 65.2 Å². The summed E-state index contributed by atoms with van der Waals surface area (Å²) in [6, 6.07) is 11.7. The Morgan fingerprint density at radius 3 is 2.87 bits per heavy atom. The second-order valence-corrected chi connectivity index (χ2v) is 5.97. The van der Waals surface area contributed by atoms with E-state index in [0.717, 1.165) is 32.5 Å². The zero-order valence-corrected chi connectivity index (χ0v) is 13.0. The fourth-order valence-corrected chi connectivity index (χ4v) is 3.00. The van der Waals surface area contributed by atoms with Crippen LogP contribution < -0.4 is 10.7 Å². The first-order valence-electron chi connectivity index (χ1n) is 7.96. The van der Waals surface area contributed by atoms with E-state index in [0.29, 0.717) is 5.69 Å². The molecule has 0 bridgehead atoms. The molecule has 1 aliphatic heterocycles. The van der Waals surface area contributed by atoms with Crippen LogP contribution in [0.15, 0.2) is 53.6 Å². The third kappa shape index (κ3) is 4.07. The van der Waals surface area contributed by atoms with Crippen LogP contribution in [-0.2, 0) is 11.3 Å². The first kappa shape index (κ1) is 15.5. The summed E-state index contributed by atoms with van der Waals surface area (Å²) in [6.07, 6.45) is 4.95. The van der Waals surface area contributed by atoms with Crippen molar-refractivity contribution < 1.29 is 4.79 Å². The number of pyridine rings is 1. The number of nitrogens with zero attached hydrogens (tertiary/aromatic N) is 1. The average Bonchev–Trinajstić information content (AvgIpc) is 2.58. The van der Waals surface area contributed by atoms with Gasteiger partial charge in [-0.2, -0.15) is 0 Å². The van der Waals surface area contributed by atoms with E-state index in [4.69, 9.17) is 0 Å². The van der Waals surface area contributed by atoms with Gasteiger partial charge in [-0.15, -0.1) is 0 Å². The Balaban J connectivity index is 1.61. The van der Waals surface area contributed by atoms with Gasteiger partial charge in [0.25, 0.3) is 0 Å². The number of aromatic amines is 1. The number of hydrogen-bond donors (Lipinski definition) is 2. The minimum atomic E-state index is -0.172. The van der Waals surface area contributed by atoms with Crippen LogP contribution in [0.4, 0.5) is 5.69 Å². The molecular formula is C18H21N3O2. The van der Waals surface area contributed by atoms with E-state index in [2.05, 4.69) is 27.3 Å². The highest BCUT2D eigenvalue weighted by Gasteiger charge is 2.26. The molecule has 1 aromatic carbocycles. The van der Waals surface area contributed by atoms with Gasteiger partial charge in [0, 0.05) is 31.5 Å². The number of anilines is 1. The lowest BCUT2D eigenvalue weighted by atomic mass is 9.96. The highest BCUT2D eigenvalue weighted by molar-refractivity contribution is 5.92. The van der Waals surface area contributed by atoms with Gasteiger partial charge in [0.1, 0.15) is 5.69 Å². The zero-order chi connectivity index (χ0) is 16.1. The Morgan fingerprint density at radius 2 is 2.09 bits per heavy atom. The number of likely N-dealkylation sites (tertiary alicyclic amines) is 1. The molecular weight excluding hydrogens is 290 g/mol. The molecule has 3 rings (SSSR count). The number of carbonyl (C=O) groups is 1. The van der Waals surface area contributed by atoms with Gasteiger partial charge in [0.15, 0.2) is 0 Å². The summed E-state index contributed by atoms with van der Waals surface area (Å²) in [7, 11) is 0. The van der Waals surface area contributed by atoms with E-state index >= 15 is 0 Å². The smallest absolute Gasteiger partial charge is 0.228 e. The van der Waals surface area contributed by atoms with Gasteiger partial charge in [-0.1, -0.05) is 30.3 Å². The number of rotatable bonds is 4. The summed E-state index contributed by atoms with van der Waals surface area (Å²) in [6.45, 7) is 2.59. The molecule has 23 heavy (non-hydrogen) atoms. The number of piperidine rings is 1. The van der Waals surface area contributed by atoms with E-state index in [9.17, 15) is 9.59 Å². The maximum Gasteiger partial charge on any atom is 0.228 e. The van der Waals surface area contributed by atoms with Crippen LogP contribution in [0, 0.1) is 5.92 Å². The molecule has 2 heterocycles. The van der Waals surface area contributed by atoms with Crippen molar-refractivity contribution in [2.24, 2.45) is 5.92 Å². The molecule has 1 fully saturated rings. The van der Waals surface area contributed by atoms with Crippen LogP contribution in [0.3, 0.4) is 0 Å². The molecule has 1 amide bonds. The van der Waals surface area contributed by atoms with E-state index in [1.54, 1.807) is 6.20 Å². The molecule has 5 heteroatoms. The molecule has 1 aromatic heterocycles. The number of hydrogen-bond acceptors (Lipinski definition) is 3. The van der Waals surface area contributed by atoms with Gasteiger partial charge in [-0.25, -0.2) is 0 Å². The van der Waals surface area contributed by atoms with Gasteiger partial charge in [-0.3, -0.25) is 14.5 Å². The first-order valence-corrected chi connectivity index (χ1v) is 7.96. The fourth-order valence-electron chi connectivity index (χ4n) is 3.00. The van der Waals surface area contributed by atoms with Crippen molar-refractivity contribution >= 4 is 11.6 Å². The molecule has 120 valence electrons. The largest absolute Gasteiger partial charge is 0.366 e. The number of aromatic nitrogens is 1. The molecule has 0 unspecified atom stereocenters. The van der Waals surface area contributed by atoms with Gasteiger partial charge >= 0.3 is 0 Å². The Kier molecular flexibility index (Phi) is 4.88. The molecule has 1 saturated heterocycles. The lowest BCUT2D eigenvalue weighted by Crippen LogP contribution is -2.40. The van der Waals surface area contributed by atoms with Crippen molar-refractivity contribution in [3.05, 3.63) is 64.6 Å². The Bertz CT molecular complexity index is 711. The minimum absolute atomic E-state index is 0.0699. The van der Waals surface area contributed by atoms with Crippen LogP contribution in [0.5, 0.6) is 0 Å². The second-order valence-electron chi connectivity index (χ2n) is 5.97. The molecule has 1 aliphatic rings. The summed E-state index contributed by atoms with van der Waals surface area (Å²) in [5.41, 5.74) is 1.40. The molecule has 0 radical (unpaired) electrons. The predicted molar refractivity (Wildman–Crippen MR) is 90.1 cm³/mol. The van der Waals surface area contributed by atoms with Crippen molar-refractivity contribution in [1.29, 1.82) is 0 Å². The normalized spacial score (nSPS) is 18.5. The number of benzene rings is 1. The molecule has 1 atom stereocenters. The number of carbonyl (C=O) groups excluding carboxylic acids is 1. The number of nitrogens with one attached hydrogen (secondary N) is 2. The predicted octanol–water partition coefficient (Wildman–Crippen LogP) is 2.23. The van der Waals surface area contributed by atoms with Gasteiger partial charge < -0.3 is 10.3 Å². The highest BCUT2D eigenvalue weighted by atomic mass is 16.2. The third-order valence-corrected chi connectivity index (χ3v) is 4.21. The Hall–Kier alpha value is -2.40. The van der Waals surface area contributed by atoms with Crippen LogP contribution >= 0.6 is 0 Å². The fraction of sp³-hybridized carbons (Fsp3) is 0.333. The van der Waals surface area contributed by atoms with Crippen LogP contribution in [-0.4, -0.2) is 28.9 Å². The summed E-state index contributed by atoms with van der Waals surface area (Å²) in [4.78, 5) is 29.3. The Morgan fingerprint density at radius 1 is 1.26 bits per heavy atom. The van der Waals surface area contributed by atoms with E-state index < -0.39 is 0 Å². The second kappa shape index (κ2) is 7.24. The lowest BCUT2D eigenvalue weighted by molar-refractivity contribution is -0.121. The van der Waals surface area contributed by atoms with E-state index in [1.165, 1.54) is 17.8 Å². The maximum atomic E-state index is 12.4. The monoisotopic (exact) mass is 311 g/mol. The van der Waals surface area contributed by atoms with Crippen molar-refractivity contribution in [3.8, 4) is 0 Å². The number of amides is 1. The van der Waals surface area contributed by atoms with E-state index in [1.807, 2.05) is 18.2 Å².